The molecule has 114 valence electrons. The summed E-state index contributed by atoms with van der Waals surface area (Å²) in [5.41, 5.74) is 1.56. The van der Waals surface area contributed by atoms with Crippen molar-refractivity contribution in [2.24, 2.45) is 5.92 Å². The van der Waals surface area contributed by atoms with Gasteiger partial charge in [0.15, 0.2) is 0 Å². The molecule has 4 nitrogen and oxygen atoms in total. The van der Waals surface area contributed by atoms with Crippen LogP contribution in [0.4, 0.5) is 0 Å². The lowest BCUT2D eigenvalue weighted by atomic mass is 9.85. The topological polar surface area (TPSA) is 55.8 Å². The number of hydrogen-bond acceptors (Lipinski definition) is 3. The van der Waals surface area contributed by atoms with Gasteiger partial charge in [0.2, 0.25) is 0 Å². The van der Waals surface area contributed by atoms with Gasteiger partial charge in [-0.05, 0) is 41.8 Å². The average molecular weight is 298 g/mol. The number of methoxy groups -OCH3 is 2. The lowest BCUT2D eigenvalue weighted by Gasteiger charge is -2.18. The number of carboxylic acid groups (broad SMARTS) is 1. The van der Waals surface area contributed by atoms with Gasteiger partial charge in [-0.15, -0.1) is 0 Å². The summed E-state index contributed by atoms with van der Waals surface area (Å²) in [5, 5.41) is 9.46. The Morgan fingerprint density at radius 1 is 0.955 bits per heavy atom. The van der Waals surface area contributed by atoms with Crippen molar-refractivity contribution in [3.05, 3.63) is 59.7 Å². The van der Waals surface area contributed by atoms with Crippen LogP contribution in [0.25, 0.3) is 0 Å². The highest BCUT2D eigenvalue weighted by atomic mass is 16.5. The van der Waals surface area contributed by atoms with Crippen LogP contribution < -0.4 is 9.47 Å². The summed E-state index contributed by atoms with van der Waals surface area (Å²) in [6, 6.07) is 15.3. The summed E-state index contributed by atoms with van der Waals surface area (Å²) in [7, 11) is 3.23. The summed E-state index contributed by atoms with van der Waals surface area (Å²) in [6.07, 6.45) is 0.612. The van der Waals surface area contributed by atoms with Crippen LogP contribution in [0.2, 0.25) is 0 Å². The summed E-state index contributed by atoms with van der Waals surface area (Å²) < 4.78 is 10.4. The zero-order valence-corrected chi connectivity index (χ0v) is 12.6. The maximum Gasteiger partial charge on any atom is 0.307 e. The van der Waals surface area contributed by atoms with Gasteiger partial charge in [-0.25, -0.2) is 0 Å². The van der Waals surface area contributed by atoms with E-state index in [0.29, 0.717) is 6.42 Å². The maximum absolute atomic E-state index is 11.5. The molecule has 1 fully saturated rings. The standard InChI is InChI=1S/C18H18O4/c1-21-14-7-3-12(4-8-14)18(11-16(18)17(19)20)13-5-9-15(22-2)10-6-13/h3-10,16H,11H2,1-2H3,(H,19,20). The number of benzene rings is 2. The monoisotopic (exact) mass is 298 g/mol. The first kappa shape index (κ1) is 14.4. The Morgan fingerprint density at radius 2 is 1.36 bits per heavy atom. The molecule has 1 unspecified atom stereocenters. The summed E-state index contributed by atoms with van der Waals surface area (Å²) in [6.45, 7) is 0. The normalized spacial score (nSPS) is 18.5. The SMILES string of the molecule is COc1ccc(C2(c3ccc(OC)cc3)CC2C(=O)O)cc1. The highest BCUT2D eigenvalue weighted by molar-refractivity contribution is 5.79. The Balaban J connectivity index is 2.03. The second-order valence-electron chi connectivity index (χ2n) is 5.52. The van der Waals surface area contributed by atoms with Crippen LogP contribution in [0, 0.1) is 5.92 Å². The summed E-state index contributed by atoms with van der Waals surface area (Å²) >= 11 is 0. The fourth-order valence-corrected chi connectivity index (χ4v) is 3.14. The van der Waals surface area contributed by atoms with Gasteiger partial charge in [0.1, 0.15) is 11.5 Å². The smallest absolute Gasteiger partial charge is 0.307 e. The van der Waals surface area contributed by atoms with Crippen molar-refractivity contribution in [1.82, 2.24) is 0 Å². The van der Waals surface area contributed by atoms with Crippen molar-refractivity contribution in [2.45, 2.75) is 11.8 Å². The Morgan fingerprint density at radius 3 is 1.64 bits per heavy atom. The molecular weight excluding hydrogens is 280 g/mol. The first-order valence-electron chi connectivity index (χ1n) is 7.13. The molecule has 0 bridgehead atoms. The summed E-state index contributed by atoms with van der Waals surface area (Å²) in [4.78, 5) is 11.5. The first-order chi connectivity index (χ1) is 10.6. The van der Waals surface area contributed by atoms with E-state index >= 15 is 0 Å². The van der Waals surface area contributed by atoms with Crippen LogP contribution in [0.1, 0.15) is 17.5 Å². The molecule has 0 amide bonds. The van der Waals surface area contributed by atoms with Crippen LogP contribution in [0.15, 0.2) is 48.5 Å². The zero-order chi connectivity index (χ0) is 15.7. The van der Waals surface area contributed by atoms with Gasteiger partial charge < -0.3 is 14.6 Å². The third kappa shape index (κ3) is 2.21. The second kappa shape index (κ2) is 5.37. The van der Waals surface area contributed by atoms with E-state index in [0.717, 1.165) is 22.6 Å². The number of aliphatic carboxylic acids is 1. The van der Waals surface area contributed by atoms with E-state index in [1.807, 2.05) is 48.5 Å². The van der Waals surface area contributed by atoms with Gasteiger partial charge in [-0.3, -0.25) is 4.79 Å². The molecule has 1 N–H and O–H groups in total. The van der Waals surface area contributed by atoms with Crippen molar-refractivity contribution < 1.29 is 19.4 Å². The molecule has 0 saturated heterocycles. The van der Waals surface area contributed by atoms with Gasteiger partial charge in [-0.1, -0.05) is 24.3 Å². The second-order valence-corrected chi connectivity index (χ2v) is 5.52. The molecule has 0 aromatic heterocycles. The molecule has 1 aliphatic carbocycles. The van der Waals surface area contributed by atoms with Crippen molar-refractivity contribution in [3.63, 3.8) is 0 Å². The van der Waals surface area contributed by atoms with Gasteiger partial charge in [-0.2, -0.15) is 0 Å². The van der Waals surface area contributed by atoms with Crippen LogP contribution in [-0.4, -0.2) is 25.3 Å². The van der Waals surface area contributed by atoms with E-state index < -0.39 is 17.3 Å². The van der Waals surface area contributed by atoms with Gasteiger partial charge >= 0.3 is 5.97 Å². The first-order valence-corrected chi connectivity index (χ1v) is 7.13. The summed E-state index contributed by atoms with van der Waals surface area (Å²) in [5.74, 6) is 0.378. The molecule has 3 rings (SSSR count). The molecule has 2 aromatic rings. The Bertz CT molecular complexity index is 626. The Hall–Kier alpha value is -2.49. The fourth-order valence-electron chi connectivity index (χ4n) is 3.14. The third-order valence-electron chi connectivity index (χ3n) is 4.47. The van der Waals surface area contributed by atoms with Crippen LogP contribution >= 0.6 is 0 Å². The minimum atomic E-state index is -0.758. The molecule has 0 heterocycles. The number of carbonyl (C=O) groups is 1. The molecule has 0 spiro atoms. The lowest BCUT2D eigenvalue weighted by molar-refractivity contribution is -0.138. The predicted molar refractivity (Wildman–Crippen MR) is 82.5 cm³/mol. The Kier molecular flexibility index (Phi) is 3.53. The van der Waals surface area contributed by atoms with Crippen molar-refractivity contribution >= 4 is 5.97 Å². The number of hydrogen-bond donors (Lipinski definition) is 1. The quantitative estimate of drug-likeness (QED) is 0.921. The van der Waals surface area contributed by atoms with E-state index in [-0.39, 0.29) is 0 Å². The average Bonchev–Trinajstić information content (AvgIpc) is 3.32. The van der Waals surface area contributed by atoms with Gasteiger partial charge in [0, 0.05) is 5.41 Å². The van der Waals surface area contributed by atoms with Crippen molar-refractivity contribution in [2.75, 3.05) is 14.2 Å². The minimum Gasteiger partial charge on any atom is -0.497 e. The molecule has 1 saturated carbocycles. The predicted octanol–water partition coefficient (Wildman–Crippen LogP) is 3.09. The van der Waals surface area contributed by atoms with E-state index in [1.54, 1.807) is 14.2 Å². The molecule has 1 atom stereocenters. The largest absolute Gasteiger partial charge is 0.497 e. The van der Waals surface area contributed by atoms with E-state index in [9.17, 15) is 9.90 Å². The zero-order valence-electron chi connectivity index (χ0n) is 12.6. The molecule has 0 radical (unpaired) electrons. The molecule has 0 aliphatic heterocycles. The van der Waals surface area contributed by atoms with E-state index in [4.69, 9.17) is 9.47 Å². The van der Waals surface area contributed by atoms with Crippen molar-refractivity contribution in [1.29, 1.82) is 0 Å². The molecule has 22 heavy (non-hydrogen) atoms. The molecular formula is C18H18O4. The Labute approximate surface area is 129 Å². The lowest BCUT2D eigenvalue weighted by Crippen LogP contribution is -2.16. The highest BCUT2D eigenvalue weighted by Crippen LogP contribution is 2.59. The van der Waals surface area contributed by atoms with Crippen LogP contribution in [0.3, 0.4) is 0 Å². The maximum atomic E-state index is 11.5. The van der Waals surface area contributed by atoms with Crippen molar-refractivity contribution in [3.8, 4) is 11.5 Å². The minimum absolute atomic E-state index is 0.394. The van der Waals surface area contributed by atoms with E-state index in [2.05, 4.69) is 0 Å². The van der Waals surface area contributed by atoms with Crippen LogP contribution in [0.5, 0.6) is 11.5 Å². The van der Waals surface area contributed by atoms with Crippen LogP contribution in [-0.2, 0) is 10.2 Å². The number of ether oxygens (including phenoxy) is 2. The third-order valence-corrected chi connectivity index (χ3v) is 4.47. The fraction of sp³-hybridized carbons (Fsp3) is 0.278. The highest BCUT2D eigenvalue weighted by Gasteiger charge is 2.60. The molecule has 1 aliphatic rings. The molecule has 2 aromatic carbocycles. The van der Waals surface area contributed by atoms with Gasteiger partial charge in [0.25, 0.3) is 0 Å². The number of carboxylic acids is 1. The van der Waals surface area contributed by atoms with E-state index in [1.165, 1.54) is 0 Å². The number of rotatable bonds is 5. The van der Waals surface area contributed by atoms with Gasteiger partial charge in [0.05, 0.1) is 20.1 Å². The molecule has 4 heteroatoms.